The number of rotatable bonds is 2. The molecule has 0 aliphatic carbocycles. The monoisotopic (exact) mass is 239 g/mol. The van der Waals surface area contributed by atoms with Gasteiger partial charge in [0.2, 0.25) is 0 Å². The molecule has 2 rings (SSSR count). The molecule has 0 saturated carbocycles. The summed E-state index contributed by atoms with van der Waals surface area (Å²) in [4.78, 5) is 0. The molecule has 0 radical (unpaired) electrons. The fraction of sp³-hybridized carbons (Fsp3) is 0.500. The van der Waals surface area contributed by atoms with E-state index < -0.39 is 9.84 Å². The predicted molar refractivity (Wildman–Crippen MR) is 65.3 cm³/mol. The number of benzene rings is 1. The Labute approximate surface area is 96.8 Å². The second-order valence-corrected chi connectivity index (χ2v) is 6.79. The standard InChI is InChI=1S/C12H17NO2S/c1-10-3-2-4-11(7-10)8-12-9-13-5-6-16(12,14)15/h2-4,7,12-13H,5-6,8-9H2,1H3. The molecule has 1 fully saturated rings. The Morgan fingerprint density at radius 3 is 2.94 bits per heavy atom. The molecule has 1 unspecified atom stereocenters. The molecule has 1 aromatic rings. The van der Waals surface area contributed by atoms with E-state index in [4.69, 9.17) is 0 Å². The second kappa shape index (κ2) is 4.55. The van der Waals surface area contributed by atoms with Crippen molar-refractivity contribution in [2.45, 2.75) is 18.6 Å². The zero-order chi connectivity index (χ0) is 11.6. The lowest BCUT2D eigenvalue weighted by Gasteiger charge is -2.23. The van der Waals surface area contributed by atoms with Crippen molar-refractivity contribution in [2.75, 3.05) is 18.8 Å². The van der Waals surface area contributed by atoms with Gasteiger partial charge in [-0.05, 0) is 18.9 Å². The molecule has 0 aromatic heterocycles. The smallest absolute Gasteiger partial charge is 0.155 e. The Balaban J connectivity index is 2.15. The highest BCUT2D eigenvalue weighted by molar-refractivity contribution is 7.92. The Bertz CT molecular complexity index is 468. The van der Waals surface area contributed by atoms with Crippen molar-refractivity contribution in [2.24, 2.45) is 0 Å². The lowest BCUT2D eigenvalue weighted by atomic mass is 10.1. The number of hydrogen-bond acceptors (Lipinski definition) is 3. The average molecular weight is 239 g/mol. The van der Waals surface area contributed by atoms with Crippen molar-refractivity contribution < 1.29 is 8.42 Å². The molecule has 0 spiro atoms. The molecule has 1 aliphatic heterocycles. The quantitative estimate of drug-likeness (QED) is 0.835. The molecule has 0 bridgehead atoms. The van der Waals surface area contributed by atoms with Crippen LogP contribution in [0.5, 0.6) is 0 Å². The van der Waals surface area contributed by atoms with E-state index in [9.17, 15) is 8.42 Å². The van der Waals surface area contributed by atoms with Crippen LogP contribution in [0.4, 0.5) is 0 Å². The van der Waals surface area contributed by atoms with Crippen LogP contribution < -0.4 is 5.32 Å². The van der Waals surface area contributed by atoms with E-state index >= 15 is 0 Å². The lowest BCUT2D eigenvalue weighted by molar-refractivity contribution is 0.544. The number of aryl methyl sites for hydroxylation is 1. The van der Waals surface area contributed by atoms with E-state index in [1.165, 1.54) is 5.56 Å². The maximum absolute atomic E-state index is 11.8. The van der Waals surface area contributed by atoms with Gasteiger partial charge in [0, 0.05) is 13.1 Å². The molecule has 16 heavy (non-hydrogen) atoms. The first-order valence-corrected chi connectivity index (χ1v) is 7.27. The van der Waals surface area contributed by atoms with Gasteiger partial charge in [0.15, 0.2) is 9.84 Å². The first-order valence-electron chi connectivity index (χ1n) is 5.56. The highest BCUT2D eigenvalue weighted by Crippen LogP contribution is 2.14. The topological polar surface area (TPSA) is 46.2 Å². The van der Waals surface area contributed by atoms with Crippen LogP contribution in [-0.2, 0) is 16.3 Å². The third-order valence-electron chi connectivity index (χ3n) is 2.99. The van der Waals surface area contributed by atoms with Gasteiger partial charge in [-0.3, -0.25) is 0 Å². The zero-order valence-corrected chi connectivity index (χ0v) is 10.3. The molecule has 1 heterocycles. The van der Waals surface area contributed by atoms with Gasteiger partial charge in [-0.15, -0.1) is 0 Å². The van der Waals surface area contributed by atoms with Crippen molar-refractivity contribution in [1.29, 1.82) is 0 Å². The highest BCUT2D eigenvalue weighted by atomic mass is 32.2. The summed E-state index contributed by atoms with van der Waals surface area (Å²) < 4.78 is 23.7. The van der Waals surface area contributed by atoms with Crippen molar-refractivity contribution in [1.82, 2.24) is 5.32 Å². The normalized spacial score (nSPS) is 24.2. The second-order valence-electron chi connectivity index (χ2n) is 4.39. The van der Waals surface area contributed by atoms with Crippen LogP contribution >= 0.6 is 0 Å². The number of hydrogen-bond donors (Lipinski definition) is 1. The van der Waals surface area contributed by atoms with E-state index in [0.717, 1.165) is 5.56 Å². The van der Waals surface area contributed by atoms with Crippen molar-refractivity contribution in [3.05, 3.63) is 35.4 Å². The van der Waals surface area contributed by atoms with Crippen LogP contribution in [0.3, 0.4) is 0 Å². The lowest BCUT2D eigenvalue weighted by Crippen LogP contribution is -2.44. The largest absolute Gasteiger partial charge is 0.314 e. The van der Waals surface area contributed by atoms with Gasteiger partial charge in [0.25, 0.3) is 0 Å². The molecular formula is C12H17NO2S. The Morgan fingerprint density at radius 1 is 1.44 bits per heavy atom. The molecule has 4 heteroatoms. The fourth-order valence-electron chi connectivity index (χ4n) is 2.07. The van der Waals surface area contributed by atoms with Crippen LogP contribution in [-0.4, -0.2) is 32.5 Å². The first kappa shape index (κ1) is 11.6. The summed E-state index contributed by atoms with van der Waals surface area (Å²) in [5, 5.41) is 2.89. The van der Waals surface area contributed by atoms with E-state index in [2.05, 4.69) is 11.4 Å². The Kier molecular flexibility index (Phi) is 3.30. The van der Waals surface area contributed by atoms with E-state index in [-0.39, 0.29) is 11.0 Å². The van der Waals surface area contributed by atoms with Gasteiger partial charge in [0.05, 0.1) is 11.0 Å². The molecule has 1 N–H and O–H groups in total. The molecule has 1 atom stereocenters. The van der Waals surface area contributed by atoms with Gasteiger partial charge in [-0.1, -0.05) is 29.8 Å². The SMILES string of the molecule is Cc1cccc(CC2CNCCS2(=O)=O)c1. The summed E-state index contributed by atoms with van der Waals surface area (Å²) in [6, 6.07) is 8.06. The maximum Gasteiger partial charge on any atom is 0.155 e. The summed E-state index contributed by atoms with van der Waals surface area (Å²) in [6.07, 6.45) is 0.622. The van der Waals surface area contributed by atoms with E-state index in [1.807, 2.05) is 25.1 Å². The summed E-state index contributed by atoms with van der Waals surface area (Å²) >= 11 is 0. The van der Waals surface area contributed by atoms with Crippen molar-refractivity contribution in [3.63, 3.8) is 0 Å². The summed E-state index contributed by atoms with van der Waals surface area (Å²) in [5.41, 5.74) is 2.29. The minimum Gasteiger partial charge on any atom is -0.314 e. The van der Waals surface area contributed by atoms with E-state index in [0.29, 0.717) is 19.5 Å². The minimum absolute atomic E-state index is 0.261. The molecule has 3 nitrogen and oxygen atoms in total. The van der Waals surface area contributed by atoms with Crippen molar-refractivity contribution >= 4 is 9.84 Å². The third kappa shape index (κ3) is 2.62. The third-order valence-corrected chi connectivity index (χ3v) is 5.11. The molecule has 1 aliphatic rings. The predicted octanol–water partition coefficient (Wildman–Crippen LogP) is 0.924. The van der Waals surface area contributed by atoms with Gasteiger partial charge >= 0.3 is 0 Å². The van der Waals surface area contributed by atoms with Crippen LogP contribution in [0, 0.1) is 6.92 Å². The molecule has 88 valence electrons. The average Bonchev–Trinajstić information content (AvgIpc) is 2.21. The highest BCUT2D eigenvalue weighted by Gasteiger charge is 2.28. The Morgan fingerprint density at radius 2 is 2.25 bits per heavy atom. The van der Waals surface area contributed by atoms with Crippen molar-refractivity contribution in [3.8, 4) is 0 Å². The number of sulfone groups is 1. The summed E-state index contributed by atoms with van der Waals surface area (Å²) in [5.74, 6) is 0.267. The summed E-state index contributed by atoms with van der Waals surface area (Å²) in [7, 11) is -2.90. The zero-order valence-electron chi connectivity index (χ0n) is 9.44. The van der Waals surface area contributed by atoms with Crippen LogP contribution in [0.2, 0.25) is 0 Å². The summed E-state index contributed by atoms with van der Waals surface area (Å²) in [6.45, 7) is 3.19. The van der Waals surface area contributed by atoms with Gasteiger partial charge in [-0.25, -0.2) is 8.42 Å². The maximum atomic E-state index is 11.8. The van der Waals surface area contributed by atoms with Gasteiger partial charge in [-0.2, -0.15) is 0 Å². The molecule has 0 amide bonds. The fourth-order valence-corrected chi connectivity index (χ4v) is 3.65. The first-order chi connectivity index (χ1) is 7.58. The van der Waals surface area contributed by atoms with Crippen LogP contribution in [0.1, 0.15) is 11.1 Å². The van der Waals surface area contributed by atoms with Gasteiger partial charge < -0.3 is 5.32 Å². The van der Waals surface area contributed by atoms with Crippen LogP contribution in [0.15, 0.2) is 24.3 Å². The molecular weight excluding hydrogens is 222 g/mol. The number of nitrogens with one attached hydrogen (secondary N) is 1. The van der Waals surface area contributed by atoms with Gasteiger partial charge in [0.1, 0.15) is 0 Å². The van der Waals surface area contributed by atoms with Crippen LogP contribution in [0.25, 0.3) is 0 Å². The molecule has 1 aromatic carbocycles. The molecule has 1 saturated heterocycles. The minimum atomic E-state index is -2.90. The Hall–Kier alpha value is -0.870. The van der Waals surface area contributed by atoms with E-state index in [1.54, 1.807) is 0 Å².